The highest BCUT2D eigenvalue weighted by Crippen LogP contribution is 2.31. The fraction of sp³-hybridized carbons (Fsp3) is 0.692. The van der Waals surface area contributed by atoms with E-state index in [1.807, 2.05) is 31.4 Å². The van der Waals surface area contributed by atoms with Gasteiger partial charge in [-0.1, -0.05) is 19.9 Å². The van der Waals surface area contributed by atoms with E-state index in [2.05, 4.69) is 5.32 Å². The first-order chi connectivity index (χ1) is 8.99. The quantitative estimate of drug-likeness (QED) is 0.799. The summed E-state index contributed by atoms with van der Waals surface area (Å²) in [6.07, 6.45) is 2.00. The fourth-order valence-electron chi connectivity index (χ4n) is 1.97. The number of thiophene rings is 1. The molecule has 1 aliphatic carbocycles. The molecule has 1 N–H and O–H groups in total. The van der Waals surface area contributed by atoms with Gasteiger partial charge >= 0.3 is 0 Å². The number of sulfonamides is 1. The molecule has 0 aromatic carbocycles. The minimum atomic E-state index is -3.15. The van der Waals surface area contributed by atoms with Crippen molar-refractivity contribution >= 4 is 21.4 Å². The Morgan fingerprint density at radius 2 is 2.21 bits per heavy atom. The van der Waals surface area contributed by atoms with Crippen LogP contribution in [0, 0.1) is 0 Å². The second kappa shape index (κ2) is 6.35. The number of hydrogen-bond donors (Lipinski definition) is 1. The first-order valence-electron chi connectivity index (χ1n) is 6.74. The third-order valence-corrected chi connectivity index (χ3v) is 5.84. The van der Waals surface area contributed by atoms with Crippen LogP contribution in [0.4, 0.5) is 0 Å². The Hall–Kier alpha value is -0.430. The Morgan fingerprint density at radius 3 is 2.74 bits per heavy atom. The molecule has 1 aromatic rings. The summed E-state index contributed by atoms with van der Waals surface area (Å²) in [5, 5.41) is 5.16. The zero-order valence-electron chi connectivity index (χ0n) is 11.5. The van der Waals surface area contributed by atoms with Gasteiger partial charge in [0.1, 0.15) is 0 Å². The number of rotatable bonds is 8. The molecule has 6 heteroatoms. The van der Waals surface area contributed by atoms with E-state index in [9.17, 15) is 8.42 Å². The third kappa shape index (κ3) is 4.56. The van der Waals surface area contributed by atoms with E-state index < -0.39 is 10.0 Å². The van der Waals surface area contributed by atoms with Gasteiger partial charge in [-0.15, -0.1) is 11.3 Å². The molecule has 1 aliphatic rings. The molecule has 0 atom stereocenters. The van der Waals surface area contributed by atoms with Crippen LogP contribution in [-0.2, 0) is 16.6 Å². The molecule has 108 valence electrons. The van der Waals surface area contributed by atoms with Gasteiger partial charge in [0.15, 0.2) is 0 Å². The van der Waals surface area contributed by atoms with Crippen molar-refractivity contribution < 1.29 is 8.42 Å². The molecule has 1 saturated carbocycles. The summed E-state index contributed by atoms with van der Waals surface area (Å²) in [6, 6.07) is 4.52. The van der Waals surface area contributed by atoms with Gasteiger partial charge in [0, 0.05) is 30.1 Å². The van der Waals surface area contributed by atoms with Crippen LogP contribution in [0.1, 0.15) is 31.6 Å². The highest BCUT2D eigenvalue weighted by molar-refractivity contribution is 7.89. The second-order valence-corrected chi connectivity index (χ2v) is 8.35. The molecule has 0 saturated heterocycles. The molecule has 0 spiro atoms. The second-order valence-electron chi connectivity index (χ2n) is 5.28. The van der Waals surface area contributed by atoms with Gasteiger partial charge in [-0.3, -0.25) is 0 Å². The maximum Gasteiger partial charge on any atom is 0.215 e. The molecule has 0 unspecified atom stereocenters. The SMILES string of the molecule is CC(C)NCCS(=O)(=O)N(Cc1cccs1)C1CC1. The summed E-state index contributed by atoms with van der Waals surface area (Å²) in [5.41, 5.74) is 0. The minimum absolute atomic E-state index is 0.188. The van der Waals surface area contributed by atoms with Gasteiger partial charge in [0.2, 0.25) is 10.0 Å². The van der Waals surface area contributed by atoms with Crippen LogP contribution in [0.3, 0.4) is 0 Å². The van der Waals surface area contributed by atoms with E-state index in [1.54, 1.807) is 15.6 Å². The van der Waals surface area contributed by atoms with Gasteiger partial charge in [0.25, 0.3) is 0 Å². The molecule has 1 heterocycles. The Labute approximate surface area is 119 Å². The van der Waals surface area contributed by atoms with Gasteiger partial charge in [-0.25, -0.2) is 8.42 Å². The average Bonchev–Trinajstić information content (AvgIpc) is 3.02. The summed E-state index contributed by atoms with van der Waals surface area (Å²) in [6.45, 7) is 5.11. The third-order valence-electron chi connectivity index (χ3n) is 3.12. The lowest BCUT2D eigenvalue weighted by atomic mass is 10.4. The highest BCUT2D eigenvalue weighted by atomic mass is 32.2. The van der Waals surface area contributed by atoms with E-state index in [0.717, 1.165) is 17.7 Å². The van der Waals surface area contributed by atoms with Gasteiger partial charge in [0.05, 0.1) is 5.75 Å². The lowest BCUT2D eigenvalue weighted by Crippen LogP contribution is -2.38. The van der Waals surface area contributed by atoms with Crippen LogP contribution in [0.15, 0.2) is 17.5 Å². The topological polar surface area (TPSA) is 49.4 Å². The normalized spacial score (nSPS) is 16.4. The van der Waals surface area contributed by atoms with Crippen molar-refractivity contribution in [3.8, 4) is 0 Å². The molecule has 0 aliphatic heterocycles. The van der Waals surface area contributed by atoms with Crippen molar-refractivity contribution in [2.75, 3.05) is 12.3 Å². The number of hydrogen-bond acceptors (Lipinski definition) is 4. The van der Waals surface area contributed by atoms with Crippen LogP contribution in [0.25, 0.3) is 0 Å². The van der Waals surface area contributed by atoms with Crippen LogP contribution in [0.2, 0.25) is 0 Å². The van der Waals surface area contributed by atoms with Crippen LogP contribution in [0.5, 0.6) is 0 Å². The van der Waals surface area contributed by atoms with E-state index >= 15 is 0 Å². The molecule has 1 fully saturated rings. The van der Waals surface area contributed by atoms with E-state index in [4.69, 9.17) is 0 Å². The summed E-state index contributed by atoms with van der Waals surface area (Å²) < 4.78 is 26.5. The fourth-order valence-corrected chi connectivity index (χ4v) is 4.36. The lowest BCUT2D eigenvalue weighted by molar-refractivity contribution is 0.400. The molecular weight excluding hydrogens is 280 g/mol. The smallest absolute Gasteiger partial charge is 0.215 e. The number of nitrogens with zero attached hydrogens (tertiary/aromatic N) is 1. The first kappa shape index (κ1) is 15.0. The van der Waals surface area contributed by atoms with Crippen molar-refractivity contribution in [1.29, 1.82) is 0 Å². The Kier molecular flexibility index (Phi) is 5.00. The average molecular weight is 302 g/mol. The maximum atomic E-state index is 12.4. The highest BCUT2D eigenvalue weighted by Gasteiger charge is 2.36. The summed E-state index contributed by atoms with van der Waals surface area (Å²) in [5.74, 6) is 0.188. The zero-order chi connectivity index (χ0) is 13.9. The summed E-state index contributed by atoms with van der Waals surface area (Å²) in [4.78, 5) is 1.12. The Bertz CT molecular complexity index is 479. The lowest BCUT2D eigenvalue weighted by Gasteiger charge is -2.21. The molecule has 19 heavy (non-hydrogen) atoms. The minimum Gasteiger partial charge on any atom is -0.313 e. The van der Waals surface area contributed by atoms with Gasteiger partial charge in [-0.2, -0.15) is 4.31 Å². The van der Waals surface area contributed by atoms with Crippen LogP contribution < -0.4 is 5.32 Å². The van der Waals surface area contributed by atoms with Crippen molar-refractivity contribution in [3.05, 3.63) is 22.4 Å². The van der Waals surface area contributed by atoms with Crippen LogP contribution in [-0.4, -0.2) is 37.1 Å². The zero-order valence-corrected chi connectivity index (χ0v) is 13.1. The monoisotopic (exact) mass is 302 g/mol. The van der Waals surface area contributed by atoms with Crippen LogP contribution >= 0.6 is 11.3 Å². The van der Waals surface area contributed by atoms with Gasteiger partial charge in [-0.05, 0) is 24.3 Å². The summed E-state index contributed by atoms with van der Waals surface area (Å²) >= 11 is 1.62. The van der Waals surface area contributed by atoms with Crippen molar-refractivity contribution in [2.45, 2.75) is 45.3 Å². The van der Waals surface area contributed by atoms with E-state index in [0.29, 0.717) is 19.1 Å². The molecular formula is C13H22N2O2S2. The maximum absolute atomic E-state index is 12.4. The van der Waals surface area contributed by atoms with Crippen molar-refractivity contribution in [1.82, 2.24) is 9.62 Å². The molecule has 2 rings (SSSR count). The van der Waals surface area contributed by atoms with Gasteiger partial charge < -0.3 is 5.32 Å². The Morgan fingerprint density at radius 1 is 1.47 bits per heavy atom. The predicted octanol–water partition coefficient (Wildman–Crippen LogP) is 2.04. The number of nitrogens with one attached hydrogen (secondary N) is 1. The molecule has 1 aromatic heterocycles. The molecule has 4 nitrogen and oxygen atoms in total. The largest absolute Gasteiger partial charge is 0.313 e. The van der Waals surface area contributed by atoms with E-state index in [-0.39, 0.29) is 11.8 Å². The summed E-state index contributed by atoms with van der Waals surface area (Å²) in [7, 11) is -3.15. The standard InChI is InChI=1S/C13H22N2O2S2/c1-11(2)14-7-9-19(16,17)15(12-5-6-12)10-13-4-3-8-18-13/h3-4,8,11-12,14H,5-7,9-10H2,1-2H3. The molecule has 0 amide bonds. The first-order valence-corrected chi connectivity index (χ1v) is 9.23. The molecule has 0 radical (unpaired) electrons. The molecule has 0 bridgehead atoms. The predicted molar refractivity (Wildman–Crippen MR) is 79.8 cm³/mol. The van der Waals surface area contributed by atoms with Crippen molar-refractivity contribution in [3.63, 3.8) is 0 Å². The van der Waals surface area contributed by atoms with Crippen molar-refractivity contribution in [2.24, 2.45) is 0 Å². The Balaban J connectivity index is 1.97. The van der Waals surface area contributed by atoms with E-state index in [1.165, 1.54) is 0 Å².